The van der Waals surface area contributed by atoms with Gasteiger partial charge in [0.15, 0.2) is 9.84 Å². The van der Waals surface area contributed by atoms with Crippen molar-refractivity contribution >= 4 is 21.4 Å². The highest BCUT2D eigenvalue weighted by molar-refractivity contribution is 7.90. The molecule has 150 valence electrons. The predicted octanol–water partition coefficient (Wildman–Crippen LogP) is 3.29. The average molecular weight is 401 g/mol. The summed E-state index contributed by atoms with van der Waals surface area (Å²) >= 11 is 0. The first-order valence-electron chi connectivity index (χ1n) is 9.50. The first kappa shape index (κ1) is 20.4. The highest BCUT2D eigenvalue weighted by atomic mass is 32.2. The number of hydrogen-bond acceptors (Lipinski definition) is 4. The average Bonchev–Trinajstić information content (AvgIpc) is 2.64. The van der Waals surface area contributed by atoms with Crippen LogP contribution < -0.4 is 4.90 Å². The molecule has 3 rings (SSSR count). The van der Waals surface area contributed by atoms with Gasteiger partial charge < -0.3 is 9.80 Å². The quantitative estimate of drug-likeness (QED) is 0.793. The van der Waals surface area contributed by atoms with Gasteiger partial charge in [-0.05, 0) is 74.2 Å². The SMILES string of the molecule is Cc1ccc(S(C)(=O)=O)cc1C(=O)N1CCN(c2cc(C)c(C)c(C)c2)CC1. The fraction of sp³-hybridized carbons (Fsp3) is 0.409. The lowest BCUT2D eigenvalue weighted by Crippen LogP contribution is -2.49. The van der Waals surface area contributed by atoms with Crippen molar-refractivity contribution in [1.82, 2.24) is 4.90 Å². The van der Waals surface area contributed by atoms with Gasteiger partial charge in [0, 0.05) is 43.7 Å². The number of anilines is 1. The van der Waals surface area contributed by atoms with E-state index in [0.29, 0.717) is 18.7 Å². The maximum absolute atomic E-state index is 13.0. The van der Waals surface area contributed by atoms with Crippen molar-refractivity contribution in [3.63, 3.8) is 0 Å². The van der Waals surface area contributed by atoms with E-state index in [1.165, 1.54) is 28.4 Å². The second kappa shape index (κ2) is 7.59. The van der Waals surface area contributed by atoms with Gasteiger partial charge in [0.2, 0.25) is 0 Å². The molecule has 1 amide bonds. The van der Waals surface area contributed by atoms with Crippen LogP contribution in [0.3, 0.4) is 0 Å². The molecule has 28 heavy (non-hydrogen) atoms. The lowest BCUT2D eigenvalue weighted by Gasteiger charge is -2.36. The fourth-order valence-corrected chi connectivity index (χ4v) is 4.24. The zero-order valence-electron chi connectivity index (χ0n) is 17.2. The van der Waals surface area contributed by atoms with Crippen molar-refractivity contribution in [3.8, 4) is 0 Å². The van der Waals surface area contributed by atoms with Gasteiger partial charge in [0.05, 0.1) is 4.90 Å². The monoisotopic (exact) mass is 400 g/mol. The lowest BCUT2D eigenvalue weighted by atomic mass is 10.0. The number of sulfone groups is 1. The third-order valence-corrected chi connectivity index (χ3v) is 6.82. The largest absolute Gasteiger partial charge is 0.368 e. The van der Waals surface area contributed by atoms with Gasteiger partial charge >= 0.3 is 0 Å². The molecule has 6 heteroatoms. The third-order valence-electron chi connectivity index (χ3n) is 5.71. The molecule has 0 aromatic heterocycles. The molecule has 0 spiro atoms. The number of rotatable bonds is 3. The summed E-state index contributed by atoms with van der Waals surface area (Å²) in [4.78, 5) is 17.3. The molecule has 0 saturated carbocycles. The minimum Gasteiger partial charge on any atom is -0.368 e. The molecule has 0 unspecified atom stereocenters. The number of piperazine rings is 1. The molecule has 0 N–H and O–H groups in total. The number of benzene rings is 2. The molecule has 0 atom stereocenters. The molecular weight excluding hydrogens is 372 g/mol. The zero-order valence-corrected chi connectivity index (χ0v) is 18.1. The molecule has 0 aliphatic carbocycles. The van der Waals surface area contributed by atoms with Gasteiger partial charge in [-0.2, -0.15) is 0 Å². The Morgan fingerprint density at radius 3 is 1.96 bits per heavy atom. The minimum atomic E-state index is -3.34. The summed E-state index contributed by atoms with van der Waals surface area (Å²) in [5, 5.41) is 0. The topological polar surface area (TPSA) is 57.7 Å². The van der Waals surface area contributed by atoms with Crippen LogP contribution in [0.25, 0.3) is 0 Å². The summed E-state index contributed by atoms with van der Waals surface area (Å²) in [7, 11) is -3.34. The van der Waals surface area contributed by atoms with Crippen LogP contribution >= 0.6 is 0 Å². The van der Waals surface area contributed by atoms with Crippen LogP contribution in [0.4, 0.5) is 5.69 Å². The maximum atomic E-state index is 13.0. The highest BCUT2D eigenvalue weighted by Crippen LogP contribution is 2.24. The van der Waals surface area contributed by atoms with Gasteiger partial charge in [-0.25, -0.2) is 8.42 Å². The van der Waals surface area contributed by atoms with Crippen molar-refractivity contribution in [1.29, 1.82) is 0 Å². The third kappa shape index (κ3) is 4.07. The van der Waals surface area contributed by atoms with E-state index in [2.05, 4.69) is 37.8 Å². The molecule has 1 aliphatic rings. The smallest absolute Gasteiger partial charge is 0.254 e. The summed E-state index contributed by atoms with van der Waals surface area (Å²) in [6, 6.07) is 9.18. The van der Waals surface area contributed by atoms with Crippen molar-refractivity contribution in [2.24, 2.45) is 0 Å². The van der Waals surface area contributed by atoms with Crippen LogP contribution in [0, 0.1) is 27.7 Å². The molecule has 5 nitrogen and oxygen atoms in total. The number of carbonyl (C=O) groups excluding carboxylic acids is 1. The van der Waals surface area contributed by atoms with Crippen LogP contribution in [0.15, 0.2) is 35.2 Å². The van der Waals surface area contributed by atoms with E-state index in [1.807, 2.05) is 11.8 Å². The van der Waals surface area contributed by atoms with E-state index < -0.39 is 9.84 Å². The minimum absolute atomic E-state index is 0.0982. The van der Waals surface area contributed by atoms with E-state index in [0.717, 1.165) is 24.9 Å². The Labute approximate surface area is 167 Å². The zero-order chi connectivity index (χ0) is 20.6. The summed E-state index contributed by atoms with van der Waals surface area (Å²) in [6.45, 7) is 11.0. The van der Waals surface area contributed by atoms with Crippen LogP contribution in [-0.2, 0) is 9.84 Å². The Morgan fingerprint density at radius 2 is 1.43 bits per heavy atom. The van der Waals surface area contributed by atoms with Crippen LogP contribution in [0.2, 0.25) is 0 Å². The summed E-state index contributed by atoms with van der Waals surface area (Å²) in [6.07, 6.45) is 1.16. The number of carbonyl (C=O) groups is 1. The molecule has 1 aliphatic heterocycles. The van der Waals surface area contributed by atoms with E-state index in [9.17, 15) is 13.2 Å². The predicted molar refractivity (Wildman–Crippen MR) is 113 cm³/mol. The first-order valence-corrected chi connectivity index (χ1v) is 11.4. The Bertz CT molecular complexity index is 997. The second-order valence-electron chi connectivity index (χ2n) is 7.73. The van der Waals surface area contributed by atoms with E-state index >= 15 is 0 Å². The van der Waals surface area contributed by atoms with Gasteiger partial charge in [0.1, 0.15) is 0 Å². The molecule has 2 aromatic rings. The van der Waals surface area contributed by atoms with Crippen LogP contribution in [0.1, 0.15) is 32.6 Å². The standard InChI is InChI=1S/C22H28N2O3S/c1-15-6-7-20(28(5,26)27)14-21(15)22(25)24-10-8-23(9-11-24)19-12-16(2)18(4)17(3)13-19/h6-7,12-14H,8-11H2,1-5H3. The Balaban J connectivity index is 1.76. The number of amides is 1. The van der Waals surface area contributed by atoms with Gasteiger partial charge in [-0.15, -0.1) is 0 Å². The van der Waals surface area contributed by atoms with Gasteiger partial charge in [0.25, 0.3) is 5.91 Å². The summed E-state index contributed by atoms with van der Waals surface area (Å²) in [5.74, 6) is -0.0982. The van der Waals surface area contributed by atoms with Crippen molar-refractivity contribution in [2.75, 3.05) is 37.3 Å². The van der Waals surface area contributed by atoms with Crippen LogP contribution in [-0.4, -0.2) is 51.7 Å². The van der Waals surface area contributed by atoms with E-state index in [-0.39, 0.29) is 10.8 Å². The number of hydrogen-bond donors (Lipinski definition) is 0. The molecule has 0 bridgehead atoms. The van der Waals surface area contributed by atoms with Crippen molar-refractivity contribution in [2.45, 2.75) is 32.6 Å². The number of nitrogens with zero attached hydrogens (tertiary/aromatic N) is 2. The van der Waals surface area contributed by atoms with E-state index in [1.54, 1.807) is 12.1 Å². The van der Waals surface area contributed by atoms with Gasteiger partial charge in [-0.3, -0.25) is 4.79 Å². The molecule has 2 aromatic carbocycles. The van der Waals surface area contributed by atoms with Crippen molar-refractivity contribution < 1.29 is 13.2 Å². The molecule has 1 fully saturated rings. The Hall–Kier alpha value is -2.34. The summed E-state index contributed by atoms with van der Waals surface area (Å²) in [5.41, 5.74) is 6.34. The summed E-state index contributed by atoms with van der Waals surface area (Å²) < 4.78 is 23.7. The highest BCUT2D eigenvalue weighted by Gasteiger charge is 2.24. The second-order valence-corrected chi connectivity index (χ2v) is 9.75. The maximum Gasteiger partial charge on any atom is 0.254 e. The lowest BCUT2D eigenvalue weighted by molar-refractivity contribution is 0.0746. The normalized spacial score (nSPS) is 15.0. The Kier molecular flexibility index (Phi) is 5.53. The molecular formula is C22H28N2O3S. The molecule has 1 saturated heterocycles. The van der Waals surface area contributed by atoms with Crippen LogP contribution in [0.5, 0.6) is 0 Å². The fourth-order valence-electron chi connectivity index (χ4n) is 3.60. The van der Waals surface area contributed by atoms with Gasteiger partial charge in [-0.1, -0.05) is 6.07 Å². The number of aryl methyl sites for hydroxylation is 3. The molecule has 0 radical (unpaired) electrons. The first-order chi connectivity index (χ1) is 13.1. The van der Waals surface area contributed by atoms with E-state index in [4.69, 9.17) is 0 Å². The molecule has 1 heterocycles. The Morgan fingerprint density at radius 1 is 0.857 bits per heavy atom. The van der Waals surface area contributed by atoms with Crippen molar-refractivity contribution in [3.05, 3.63) is 58.1 Å².